The Bertz CT molecular complexity index is 422. The van der Waals surface area contributed by atoms with Gasteiger partial charge in [-0.25, -0.2) is 0 Å². The van der Waals surface area contributed by atoms with Crippen LogP contribution >= 0.6 is 11.3 Å². The summed E-state index contributed by atoms with van der Waals surface area (Å²) in [6.45, 7) is 6.66. The molecule has 0 saturated heterocycles. The number of hydrogen-bond donors (Lipinski definition) is 2. The van der Waals surface area contributed by atoms with Gasteiger partial charge in [0.2, 0.25) is 0 Å². The third-order valence-corrected chi connectivity index (χ3v) is 4.58. The average molecular weight is 278 g/mol. The third-order valence-electron chi connectivity index (χ3n) is 3.59. The Balaban J connectivity index is 2.02. The molecule has 0 radical (unpaired) electrons. The molecule has 0 spiro atoms. The van der Waals surface area contributed by atoms with Gasteiger partial charge in [-0.2, -0.15) is 0 Å². The number of rotatable bonds is 6. The SMILES string of the molecule is CCCCCCc1ccsc1C1=CC(C)NC(C)N1. The van der Waals surface area contributed by atoms with Gasteiger partial charge in [0, 0.05) is 6.04 Å². The van der Waals surface area contributed by atoms with E-state index >= 15 is 0 Å². The summed E-state index contributed by atoms with van der Waals surface area (Å²) in [4.78, 5) is 1.44. The van der Waals surface area contributed by atoms with Crippen molar-refractivity contribution in [2.75, 3.05) is 0 Å². The lowest BCUT2D eigenvalue weighted by atomic mass is 10.0. The normalized spacial score (nSPS) is 23.0. The van der Waals surface area contributed by atoms with Crippen molar-refractivity contribution in [2.24, 2.45) is 0 Å². The highest BCUT2D eigenvalue weighted by Crippen LogP contribution is 2.27. The van der Waals surface area contributed by atoms with Crippen LogP contribution in [-0.4, -0.2) is 12.2 Å². The standard InChI is InChI=1S/C16H26N2S/c1-4-5-6-7-8-14-9-10-19-16(14)15-11-12(2)17-13(3)18-15/h9-13,17-18H,4-8H2,1-3H3. The molecular formula is C16H26N2S. The van der Waals surface area contributed by atoms with E-state index < -0.39 is 0 Å². The summed E-state index contributed by atoms with van der Waals surface area (Å²) in [5.41, 5.74) is 2.83. The predicted octanol–water partition coefficient (Wildman–Crippen LogP) is 4.14. The largest absolute Gasteiger partial charge is 0.369 e. The Kier molecular flexibility index (Phi) is 5.46. The molecule has 2 N–H and O–H groups in total. The molecule has 3 heteroatoms. The van der Waals surface area contributed by atoms with Gasteiger partial charge in [-0.15, -0.1) is 11.3 Å². The van der Waals surface area contributed by atoms with Gasteiger partial charge in [0.1, 0.15) is 0 Å². The second-order valence-corrected chi connectivity index (χ2v) is 6.40. The van der Waals surface area contributed by atoms with E-state index in [1.807, 2.05) is 11.3 Å². The van der Waals surface area contributed by atoms with Crippen molar-refractivity contribution in [3.8, 4) is 0 Å². The molecule has 1 aromatic rings. The van der Waals surface area contributed by atoms with E-state index in [0.717, 1.165) is 0 Å². The monoisotopic (exact) mass is 278 g/mol. The van der Waals surface area contributed by atoms with Crippen LogP contribution in [-0.2, 0) is 6.42 Å². The first-order chi connectivity index (χ1) is 9.20. The minimum Gasteiger partial charge on any atom is -0.369 e. The summed E-state index contributed by atoms with van der Waals surface area (Å²) in [7, 11) is 0. The Morgan fingerprint density at radius 3 is 2.79 bits per heavy atom. The van der Waals surface area contributed by atoms with Crippen molar-refractivity contribution in [3.05, 3.63) is 28.0 Å². The molecule has 1 aliphatic heterocycles. The highest BCUT2D eigenvalue weighted by atomic mass is 32.1. The van der Waals surface area contributed by atoms with Gasteiger partial charge in [-0.1, -0.05) is 26.2 Å². The third kappa shape index (κ3) is 4.08. The van der Waals surface area contributed by atoms with Gasteiger partial charge < -0.3 is 5.32 Å². The molecule has 2 nitrogen and oxygen atoms in total. The first-order valence-corrected chi connectivity index (χ1v) is 8.39. The Labute approximate surface area is 121 Å². The smallest absolute Gasteiger partial charge is 0.0744 e. The Morgan fingerprint density at radius 2 is 2.05 bits per heavy atom. The molecule has 0 aromatic carbocycles. The molecule has 0 amide bonds. The first kappa shape index (κ1) is 14.6. The summed E-state index contributed by atoms with van der Waals surface area (Å²) >= 11 is 1.87. The maximum absolute atomic E-state index is 3.55. The summed E-state index contributed by atoms with van der Waals surface area (Å²) < 4.78 is 0. The fourth-order valence-corrected chi connectivity index (χ4v) is 3.61. The van der Waals surface area contributed by atoms with Crippen LogP contribution in [0.4, 0.5) is 0 Å². The van der Waals surface area contributed by atoms with E-state index in [-0.39, 0.29) is 0 Å². The second kappa shape index (κ2) is 7.11. The van der Waals surface area contributed by atoms with Crippen molar-refractivity contribution < 1.29 is 0 Å². The van der Waals surface area contributed by atoms with E-state index in [1.54, 1.807) is 0 Å². The topological polar surface area (TPSA) is 24.1 Å². The minimum absolute atomic E-state index is 0.352. The molecule has 0 saturated carbocycles. The summed E-state index contributed by atoms with van der Waals surface area (Å²) in [5, 5.41) is 9.25. The summed E-state index contributed by atoms with van der Waals surface area (Å²) in [5.74, 6) is 0. The van der Waals surface area contributed by atoms with E-state index in [4.69, 9.17) is 0 Å². The molecule has 1 aromatic heterocycles. The first-order valence-electron chi connectivity index (χ1n) is 7.52. The Hall–Kier alpha value is -0.800. The molecule has 19 heavy (non-hydrogen) atoms. The molecule has 2 heterocycles. The van der Waals surface area contributed by atoms with Gasteiger partial charge in [0.25, 0.3) is 0 Å². The molecule has 0 aliphatic carbocycles. The average Bonchev–Trinajstić information content (AvgIpc) is 2.82. The second-order valence-electron chi connectivity index (χ2n) is 5.49. The molecule has 1 aliphatic rings. The molecule has 2 unspecified atom stereocenters. The molecule has 2 atom stereocenters. The zero-order valence-electron chi connectivity index (χ0n) is 12.3. The van der Waals surface area contributed by atoms with Crippen LogP contribution in [0.1, 0.15) is 56.9 Å². The quantitative estimate of drug-likeness (QED) is 0.764. The van der Waals surface area contributed by atoms with E-state index in [0.29, 0.717) is 12.2 Å². The zero-order chi connectivity index (χ0) is 13.7. The molecule has 0 fully saturated rings. The van der Waals surface area contributed by atoms with Crippen molar-refractivity contribution in [3.63, 3.8) is 0 Å². The lowest BCUT2D eigenvalue weighted by Crippen LogP contribution is -2.46. The highest BCUT2D eigenvalue weighted by Gasteiger charge is 2.17. The highest BCUT2D eigenvalue weighted by molar-refractivity contribution is 7.11. The van der Waals surface area contributed by atoms with Crippen LogP contribution < -0.4 is 10.6 Å². The van der Waals surface area contributed by atoms with E-state index in [2.05, 4.69) is 48.9 Å². The van der Waals surface area contributed by atoms with Crippen LogP contribution in [0.3, 0.4) is 0 Å². The minimum atomic E-state index is 0.352. The summed E-state index contributed by atoms with van der Waals surface area (Å²) in [6, 6.07) is 2.74. The van der Waals surface area contributed by atoms with Crippen molar-refractivity contribution >= 4 is 17.0 Å². The molecule has 2 rings (SSSR count). The van der Waals surface area contributed by atoms with Crippen LogP contribution in [0, 0.1) is 0 Å². The van der Waals surface area contributed by atoms with Crippen molar-refractivity contribution in [1.82, 2.24) is 10.6 Å². The van der Waals surface area contributed by atoms with Gasteiger partial charge in [0.05, 0.1) is 16.7 Å². The number of nitrogens with one attached hydrogen (secondary N) is 2. The van der Waals surface area contributed by atoms with Gasteiger partial charge in [-0.05, 0) is 49.8 Å². The fourth-order valence-electron chi connectivity index (χ4n) is 2.67. The van der Waals surface area contributed by atoms with Crippen LogP contribution in [0.5, 0.6) is 0 Å². The van der Waals surface area contributed by atoms with Crippen LogP contribution in [0.25, 0.3) is 5.70 Å². The molecule has 0 bridgehead atoms. The predicted molar refractivity (Wildman–Crippen MR) is 85.3 cm³/mol. The maximum Gasteiger partial charge on any atom is 0.0744 e. The van der Waals surface area contributed by atoms with Gasteiger partial charge in [-0.3, -0.25) is 5.32 Å². The number of unbranched alkanes of at least 4 members (excludes halogenated alkanes) is 3. The fraction of sp³-hybridized carbons (Fsp3) is 0.625. The lowest BCUT2D eigenvalue weighted by Gasteiger charge is -2.28. The Morgan fingerprint density at radius 1 is 1.21 bits per heavy atom. The van der Waals surface area contributed by atoms with Crippen molar-refractivity contribution in [1.29, 1.82) is 0 Å². The number of thiophene rings is 1. The van der Waals surface area contributed by atoms with Gasteiger partial charge >= 0.3 is 0 Å². The molecule has 106 valence electrons. The van der Waals surface area contributed by atoms with Crippen molar-refractivity contribution in [2.45, 2.75) is 65.1 Å². The molecular weight excluding hydrogens is 252 g/mol. The zero-order valence-corrected chi connectivity index (χ0v) is 13.1. The van der Waals surface area contributed by atoms with Crippen LogP contribution in [0.2, 0.25) is 0 Å². The van der Waals surface area contributed by atoms with E-state index in [1.165, 1.54) is 48.2 Å². The number of aryl methyl sites for hydroxylation is 1. The lowest BCUT2D eigenvalue weighted by molar-refractivity contribution is 0.466. The van der Waals surface area contributed by atoms with E-state index in [9.17, 15) is 0 Å². The van der Waals surface area contributed by atoms with Gasteiger partial charge in [0.15, 0.2) is 0 Å². The van der Waals surface area contributed by atoms with Crippen LogP contribution in [0.15, 0.2) is 17.5 Å². The maximum atomic E-state index is 3.55. The summed E-state index contributed by atoms with van der Waals surface area (Å²) in [6.07, 6.45) is 9.21. The number of hydrogen-bond acceptors (Lipinski definition) is 3.